The summed E-state index contributed by atoms with van der Waals surface area (Å²) in [5.74, 6) is -0.843. The Labute approximate surface area is 138 Å². The third-order valence-electron chi connectivity index (χ3n) is 4.27. The van der Waals surface area contributed by atoms with Gasteiger partial charge in [0.2, 0.25) is 5.76 Å². The van der Waals surface area contributed by atoms with Crippen LogP contribution in [-0.2, 0) is 4.74 Å². The summed E-state index contributed by atoms with van der Waals surface area (Å²) in [7, 11) is 1.54. The molecule has 1 aromatic heterocycles. The van der Waals surface area contributed by atoms with Gasteiger partial charge in [-0.25, -0.2) is 4.39 Å². The minimum Gasteiger partial charge on any atom is -0.388 e. The zero-order valence-electron chi connectivity index (χ0n) is 13.2. The Balaban J connectivity index is 1.70. The molecular formula is C17H19FN2O4. The van der Waals surface area contributed by atoms with Crippen LogP contribution in [0.3, 0.4) is 0 Å². The average molecular weight is 334 g/mol. The number of methoxy groups -OCH3 is 1. The predicted octanol–water partition coefficient (Wildman–Crippen LogP) is 2.14. The van der Waals surface area contributed by atoms with Crippen molar-refractivity contribution in [1.82, 2.24) is 10.5 Å². The van der Waals surface area contributed by atoms with Crippen molar-refractivity contribution in [1.29, 1.82) is 0 Å². The van der Waals surface area contributed by atoms with Crippen molar-refractivity contribution >= 4 is 5.91 Å². The van der Waals surface area contributed by atoms with Crippen LogP contribution in [0.25, 0.3) is 11.3 Å². The van der Waals surface area contributed by atoms with Crippen molar-refractivity contribution in [2.45, 2.75) is 37.5 Å². The van der Waals surface area contributed by atoms with E-state index in [1.807, 2.05) is 0 Å². The molecule has 1 aromatic carbocycles. The van der Waals surface area contributed by atoms with Crippen LogP contribution in [0, 0.1) is 5.82 Å². The van der Waals surface area contributed by atoms with Crippen molar-refractivity contribution in [3.63, 3.8) is 0 Å². The number of aliphatic hydroxyl groups excluding tert-OH is 1. The zero-order valence-corrected chi connectivity index (χ0v) is 13.2. The standard InChI is InChI=1S/C17H19FN2O4/c1-23-14-7-3-6-12(16(14)21)19-17(22)15-9-13(20-24-15)10-4-2-5-11(18)8-10/h2,4-5,8-9,12,14,16,21H,3,6-7H2,1H3,(H,19,22)/t12-,14-,16-/m1/s1. The highest BCUT2D eigenvalue weighted by atomic mass is 19.1. The van der Waals surface area contributed by atoms with Crippen molar-refractivity contribution < 1.29 is 23.6 Å². The van der Waals surface area contributed by atoms with E-state index in [0.717, 1.165) is 12.8 Å². The summed E-state index contributed by atoms with van der Waals surface area (Å²) < 4.78 is 23.5. The predicted molar refractivity (Wildman–Crippen MR) is 83.8 cm³/mol. The number of benzene rings is 1. The second-order valence-corrected chi connectivity index (χ2v) is 5.86. The molecule has 1 heterocycles. The lowest BCUT2D eigenvalue weighted by atomic mass is 9.90. The molecule has 1 amide bonds. The molecule has 7 heteroatoms. The highest BCUT2D eigenvalue weighted by molar-refractivity contribution is 5.92. The van der Waals surface area contributed by atoms with Gasteiger partial charge in [-0.1, -0.05) is 17.3 Å². The minimum absolute atomic E-state index is 0.0148. The molecule has 0 saturated heterocycles. The lowest BCUT2D eigenvalue weighted by Crippen LogP contribution is -2.51. The Morgan fingerprint density at radius 2 is 2.25 bits per heavy atom. The van der Waals surface area contributed by atoms with Crippen LogP contribution in [0.15, 0.2) is 34.9 Å². The first-order chi connectivity index (χ1) is 11.6. The van der Waals surface area contributed by atoms with Gasteiger partial charge in [0.05, 0.1) is 12.1 Å². The normalized spacial score (nSPS) is 23.9. The average Bonchev–Trinajstić information content (AvgIpc) is 3.07. The lowest BCUT2D eigenvalue weighted by Gasteiger charge is -2.33. The number of carbonyl (C=O) groups is 1. The number of ether oxygens (including phenoxy) is 1. The van der Waals surface area contributed by atoms with E-state index in [-0.39, 0.29) is 11.9 Å². The summed E-state index contributed by atoms with van der Waals surface area (Å²) in [6.45, 7) is 0. The fourth-order valence-electron chi connectivity index (χ4n) is 2.96. The number of halogens is 1. The molecule has 2 N–H and O–H groups in total. The van der Waals surface area contributed by atoms with Crippen LogP contribution in [0.5, 0.6) is 0 Å². The Morgan fingerprint density at radius 1 is 1.42 bits per heavy atom. The summed E-state index contributed by atoms with van der Waals surface area (Å²) in [4.78, 5) is 12.3. The van der Waals surface area contributed by atoms with E-state index in [9.17, 15) is 14.3 Å². The highest BCUT2D eigenvalue weighted by Gasteiger charge is 2.33. The van der Waals surface area contributed by atoms with Gasteiger partial charge in [-0.15, -0.1) is 0 Å². The van der Waals surface area contributed by atoms with E-state index in [0.29, 0.717) is 17.7 Å². The summed E-state index contributed by atoms with van der Waals surface area (Å²) in [6, 6.07) is 6.92. The maximum absolute atomic E-state index is 13.3. The van der Waals surface area contributed by atoms with E-state index in [2.05, 4.69) is 10.5 Å². The first kappa shape index (κ1) is 16.6. The number of hydrogen-bond donors (Lipinski definition) is 2. The van der Waals surface area contributed by atoms with Gasteiger partial charge in [0.25, 0.3) is 5.91 Å². The van der Waals surface area contributed by atoms with Crippen LogP contribution >= 0.6 is 0 Å². The molecule has 0 spiro atoms. The monoisotopic (exact) mass is 334 g/mol. The van der Waals surface area contributed by atoms with Gasteiger partial charge in [-0.3, -0.25) is 4.79 Å². The molecule has 1 aliphatic carbocycles. The van der Waals surface area contributed by atoms with E-state index in [4.69, 9.17) is 9.26 Å². The van der Waals surface area contributed by atoms with Crippen LogP contribution in [-0.4, -0.2) is 41.5 Å². The highest BCUT2D eigenvalue weighted by Crippen LogP contribution is 2.23. The number of aliphatic hydroxyl groups is 1. The number of rotatable bonds is 4. The molecule has 3 rings (SSSR count). The molecule has 0 bridgehead atoms. The summed E-state index contributed by atoms with van der Waals surface area (Å²) in [5, 5.41) is 16.8. The fourth-order valence-corrected chi connectivity index (χ4v) is 2.96. The van der Waals surface area contributed by atoms with Gasteiger partial charge in [0.15, 0.2) is 0 Å². The topological polar surface area (TPSA) is 84.6 Å². The smallest absolute Gasteiger partial charge is 0.290 e. The number of hydrogen-bond acceptors (Lipinski definition) is 5. The number of aromatic nitrogens is 1. The quantitative estimate of drug-likeness (QED) is 0.895. The van der Waals surface area contributed by atoms with Crippen molar-refractivity contribution in [3.05, 3.63) is 41.9 Å². The molecule has 1 aliphatic rings. The Bertz CT molecular complexity index is 718. The molecule has 24 heavy (non-hydrogen) atoms. The van der Waals surface area contributed by atoms with E-state index in [1.165, 1.54) is 18.2 Å². The zero-order chi connectivity index (χ0) is 17.1. The number of nitrogens with one attached hydrogen (secondary N) is 1. The first-order valence-corrected chi connectivity index (χ1v) is 7.83. The van der Waals surface area contributed by atoms with Crippen molar-refractivity contribution in [3.8, 4) is 11.3 Å². The molecule has 1 saturated carbocycles. The summed E-state index contributed by atoms with van der Waals surface area (Å²) >= 11 is 0. The molecule has 1 fully saturated rings. The number of amides is 1. The maximum atomic E-state index is 13.3. The Morgan fingerprint density at radius 3 is 3.00 bits per heavy atom. The molecule has 0 radical (unpaired) electrons. The van der Waals surface area contributed by atoms with E-state index in [1.54, 1.807) is 19.2 Å². The van der Waals surface area contributed by atoms with Crippen LogP contribution in [0.2, 0.25) is 0 Å². The van der Waals surface area contributed by atoms with Crippen LogP contribution in [0.4, 0.5) is 4.39 Å². The molecule has 3 atom stereocenters. The Kier molecular flexibility index (Phi) is 4.92. The fraction of sp³-hybridized carbons (Fsp3) is 0.412. The first-order valence-electron chi connectivity index (χ1n) is 7.83. The summed E-state index contributed by atoms with van der Waals surface area (Å²) in [5.41, 5.74) is 0.897. The van der Waals surface area contributed by atoms with Gasteiger partial charge in [0, 0.05) is 18.7 Å². The Hall–Kier alpha value is -2.25. The third-order valence-corrected chi connectivity index (χ3v) is 4.27. The van der Waals surface area contributed by atoms with Gasteiger partial charge in [0.1, 0.15) is 17.6 Å². The summed E-state index contributed by atoms with van der Waals surface area (Å²) in [6.07, 6.45) is 1.22. The van der Waals surface area contributed by atoms with Crippen LogP contribution < -0.4 is 5.32 Å². The van der Waals surface area contributed by atoms with Crippen molar-refractivity contribution in [2.24, 2.45) is 0 Å². The van der Waals surface area contributed by atoms with Gasteiger partial charge in [-0.05, 0) is 31.4 Å². The molecule has 2 aromatic rings. The largest absolute Gasteiger partial charge is 0.388 e. The maximum Gasteiger partial charge on any atom is 0.290 e. The van der Waals surface area contributed by atoms with Gasteiger partial charge < -0.3 is 19.7 Å². The molecule has 0 aliphatic heterocycles. The molecule has 128 valence electrons. The SMILES string of the molecule is CO[C@@H]1CCC[C@@H](NC(=O)c2cc(-c3cccc(F)c3)no2)[C@H]1O. The number of carbonyl (C=O) groups excluding carboxylic acids is 1. The lowest BCUT2D eigenvalue weighted by molar-refractivity contribution is -0.0514. The second kappa shape index (κ2) is 7.11. The molecular weight excluding hydrogens is 315 g/mol. The van der Waals surface area contributed by atoms with Crippen LogP contribution in [0.1, 0.15) is 29.8 Å². The molecule has 6 nitrogen and oxygen atoms in total. The molecule has 0 unspecified atom stereocenters. The van der Waals surface area contributed by atoms with Gasteiger partial charge >= 0.3 is 0 Å². The minimum atomic E-state index is -0.765. The van der Waals surface area contributed by atoms with Gasteiger partial charge in [-0.2, -0.15) is 0 Å². The second-order valence-electron chi connectivity index (χ2n) is 5.86. The van der Waals surface area contributed by atoms with Crippen molar-refractivity contribution in [2.75, 3.05) is 7.11 Å². The number of nitrogens with zero attached hydrogens (tertiary/aromatic N) is 1. The van der Waals surface area contributed by atoms with E-state index >= 15 is 0 Å². The van der Waals surface area contributed by atoms with E-state index < -0.39 is 23.9 Å². The third kappa shape index (κ3) is 3.47.